The van der Waals surface area contributed by atoms with Crippen molar-refractivity contribution in [3.05, 3.63) is 100 Å². The molecule has 3 aromatic carbocycles. The van der Waals surface area contributed by atoms with E-state index in [4.69, 9.17) is 9.47 Å². The molecule has 198 valence electrons. The number of aromatic nitrogens is 1. The number of amides is 1. The zero-order chi connectivity index (χ0) is 27.4. The Kier molecular flexibility index (Phi) is 8.23. The number of methoxy groups -OCH3 is 1. The molecule has 0 unspecified atom stereocenters. The maximum absolute atomic E-state index is 13.6. The van der Waals surface area contributed by atoms with Crippen LogP contribution in [-0.4, -0.2) is 49.6 Å². The van der Waals surface area contributed by atoms with Crippen LogP contribution in [0.15, 0.2) is 88.4 Å². The number of likely N-dealkylation sites (N-methyl/N-ethyl adjacent to an activating group) is 1. The van der Waals surface area contributed by atoms with Gasteiger partial charge in [0.15, 0.2) is 0 Å². The maximum atomic E-state index is 13.6. The Morgan fingerprint density at radius 1 is 1.00 bits per heavy atom. The van der Waals surface area contributed by atoms with Crippen LogP contribution < -0.4 is 0 Å². The van der Waals surface area contributed by atoms with Crippen molar-refractivity contribution < 1.29 is 27.5 Å². The molecule has 0 radical (unpaired) electrons. The number of benzene rings is 3. The number of carbonyl (C=O) groups excluding carboxylic acids is 2. The molecule has 0 aliphatic rings. The summed E-state index contributed by atoms with van der Waals surface area (Å²) in [5, 5.41) is 0.614. The SMILES string of the molecule is COC(=O)[C@@H](Cc1cn(S(=O)(=O)c2ccc(C)cc2)c2cccc(Br)c12)N(C)C(=O)OCc1ccccc1. The second-order valence-corrected chi connectivity index (χ2v) is 11.5. The molecule has 0 aliphatic carbocycles. The fraction of sp³-hybridized carbons (Fsp3) is 0.214. The number of halogens is 1. The predicted octanol–water partition coefficient (Wildman–Crippen LogP) is 5.30. The van der Waals surface area contributed by atoms with Crippen molar-refractivity contribution in [3.8, 4) is 0 Å². The highest BCUT2D eigenvalue weighted by Crippen LogP contribution is 2.33. The summed E-state index contributed by atoms with van der Waals surface area (Å²) < 4.78 is 39.4. The first-order valence-corrected chi connectivity index (χ1v) is 14.0. The van der Waals surface area contributed by atoms with Gasteiger partial charge in [0.2, 0.25) is 0 Å². The van der Waals surface area contributed by atoms with Crippen molar-refractivity contribution in [2.45, 2.75) is 30.9 Å². The molecule has 0 spiro atoms. The maximum Gasteiger partial charge on any atom is 0.410 e. The highest BCUT2D eigenvalue weighted by Gasteiger charge is 2.32. The third-order valence-corrected chi connectivity index (χ3v) is 8.60. The van der Waals surface area contributed by atoms with E-state index in [-0.39, 0.29) is 17.9 Å². The molecule has 0 saturated heterocycles. The molecule has 4 rings (SSSR count). The van der Waals surface area contributed by atoms with E-state index in [1.165, 1.54) is 29.2 Å². The van der Waals surface area contributed by atoms with E-state index < -0.39 is 28.1 Å². The lowest BCUT2D eigenvalue weighted by Gasteiger charge is -2.25. The fourth-order valence-corrected chi connectivity index (χ4v) is 6.13. The first-order chi connectivity index (χ1) is 18.1. The van der Waals surface area contributed by atoms with E-state index in [1.807, 2.05) is 37.3 Å². The van der Waals surface area contributed by atoms with Crippen LogP contribution in [0.4, 0.5) is 4.79 Å². The Bertz CT molecular complexity index is 1570. The summed E-state index contributed by atoms with van der Waals surface area (Å²) in [6, 6.07) is 19.9. The predicted molar refractivity (Wildman–Crippen MR) is 147 cm³/mol. The van der Waals surface area contributed by atoms with Gasteiger partial charge < -0.3 is 9.47 Å². The molecule has 8 nitrogen and oxygen atoms in total. The van der Waals surface area contributed by atoms with E-state index in [2.05, 4.69) is 15.9 Å². The van der Waals surface area contributed by atoms with Crippen LogP contribution in [0.5, 0.6) is 0 Å². The summed E-state index contributed by atoms with van der Waals surface area (Å²) in [6.07, 6.45) is 0.780. The molecule has 0 saturated carbocycles. The normalized spacial score (nSPS) is 12.2. The number of fused-ring (bicyclic) bond motifs is 1. The van der Waals surface area contributed by atoms with Gasteiger partial charge in [-0.1, -0.05) is 70.0 Å². The number of rotatable bonds is 8. The van der Waals surface area contributed by atoms with Crippen LogP contribution in [0, 0.1) is 6.92 Å². The lowest BCUT2D eigenvalue weighted by molar-refractivity contribution is -0.145. The lowest BCUT2D eigenvalue weighted by atomic mass is 10.0. The summed E-state index contributed by atoms with van der Waals surface area (Å²) in [5.41, 5.74) is 2.72. The lowest BCUT2D eigenvalue weighted by Crippen LogP contribution is -2.44. The third kappa shape index (κ3) is 5.61. The second kappa shape index (κ2) is 11.4. The zero-order valence-electron chi connectivity index (χ0n) is 21.1. The molecule has 1 heterocycles. The average Bonchev–Trinajstić information content (AvgIpc) is 3.31. The van der Waals surface area contributed by atoms with E-state index in [0.717, 1.165) is 11.1 Å². The summed E-state index contributed by atoms with van der Waals surface area (Å²) in [7, 11) is -1.26. The van der Waals surface area contributed by atoms with Gasteiger partial charge in [-0.25, -0.2) is 22.0 Å². The molecule has 1 amide bonds. The summed E-state index contributed by atoms with van der Waals surface area (Å²) >= 11 is 3.52. The van der Waals surface area contributed by atoms with Gasteiger partial charge in [-0.05, 0) is 42.3 Å². The van der Waals surface area contributed by atoms with Crippen LogP contribution in [-0.2, 0) is 37.3 Å². The minimum atomic E-state index is -3.94. The van der Waals surface area contributed by atoms with Gasteiger partial charge in [-0.3, -0.25) is 4.90 Å². The molecule has 0 aliphatic heterocycles. The van der Waals surface area contributed by atoms with Gasteiger partial charge >= 0.3 is 12.1 Å². The Labute approximate surface area is 230 Å². The summed E-state index contributed by atoms with van der Waals surface area (Å²) in [6.45, 7) is 1.92. The Balaban J connectivity index is 1.70. The van der Waals surface area contributed by atoms with Crippen LogP contribution in [0.25, 0.3) is 10.9 Å². The monoisotopic (exact) mass is 598 g/mol. The highest BCUT2D eigenvalue weighted by molar-refractivity contribution is 9.10. The number of aryl methyl sites for hydroxylation is 1. The van der Waals surface area contributed by atoms with Crippen LogP contribution in [0.3, 0.4) is 0 Å². The minimum absolute atomic E-state index is 0.000852. The number of hydrogen-bond acceptors (Lipinski definition) is 6. The van der Waals surface area contributed by atoms with Crippen LogP contribution >= 0.6 is 15.9 Å². The van der Waals surface area contributed by atoms with Gasteiger partial charge in [0.05, 0.1) is 17.5 Å². The Morgan fingerprint density at radius 2 is 1.68 bits per heavy atom. The molecule has 0 bridgehead atoms. The van der Waals surface area contributed by atoms with Crippen molar-refractivity contribution in [2.75, 3.05) is 14.2 Å². The smallest absolute Gasteiger partial charge is 0.410 e. The summed E-state index contributed by atoms with van der Waals surface area (Å²) in [4.78, 5) is 27.0. The summed E-state index contributed by atoms with van der Waals surface area (Å²) in [5.74, 6) is -0.654. The number of esters is 1. The first-order valence-electron chi connectivity index (χ1n) is 11.8. The minimum Gasteiger partial charge on any atom is -0.467 e. The van der Waals surface area contributed by atoms with Gasteiger partial charge in [0.1, 0.15) is 12.6 Å². The van der Waals surface area contributed by atoms with Crippen LogP contribution in [0.2, 0.25) is 0 Å². The van der Waals surface area contributed by atoms with Crippen molar-refractivity contribution in [2.24, 2.45) is 0 Å². The van der Waals surface area contributed by atoms with Crippen molar-refractivity contribution in [1.29, 1.82) is 0 Å². The molecule has 0 N–H and O–H groups in total. The topological polar surface area (TPSA) is 94.9 Å². The first kappa shape index (κ1) is 27.4. The number of carbonyl (C=O) groups is 2. The standard InChI is InChI=1S/C28H27BrN2O6S/c1-19-12-14-22(15-13-19)38(34,35)31-17-21(26-23(29)10-7-11-24(26)31)16-25(27(32)36-3)30(2)28(33)37-18-20-8-5-4-6-9-20/h4-15,17,25H,16,18H2,1-3H3/t25-/m1/s1. The van der Waals surface area contributed by atoms with E-state index in [1.54, 1.807) is 42.5 Å². The third-order valence-electron chi connectivity index (χ3n) is 6.25. The van der Waals surface area contributed by atoms with Crippen LogP contribution in [0.1, 0.15) is 16.7 Å². The molecule has 0 fully saturated rings. The van der Waals surface area contributed by atoms with E-state index in [9.17, 15) is 18.0 Å². The second-order valence-electron chi connectivity index (χ2n) is 8.80. The number of hydrogen-bond donors (Lipinski definition) is 0. The zero-order valence-corrected chi connectivity index (χ0v) is 23.5. The average molecular weight is 600 g/mol. The van der Waals surface area contributed by atoms with Gasteiger partial charge in [0, 0.05) is 29.5 Å². The van der Waals surface area contributed by atoms with Crippen molar-refractivity contribution >= 4 is 48.9 Å². The Morgan fingerprint density at radius 3 is 2.34 bits per heavy atom. The molecule has 1 atom stereocenters. The molecule has 10 heteroatoms. The molecule has 1 aromatic heterocycles. The van der Waals surface area contributed by atoms with E-state index in [0.29, 0.717) is 20.9 Å². The quantitative estimate of drug-likeness (QED) is 0.255. The Hall–Kier alpha value is -3.63. The van der Waals surface area contributed by atoms with Crippen molar-refractivity contribution in [1.82, 2.24) is 8.87 Å². The van der Waals surface area contributed by atoms with Gasteiger partial charge in [-0.2, -0.15) is 0 Å². The molecule has 38 heavy (non-hydrogen) atoms. The molecular weight excluding hydrogens is 572 g/mol. The van der Waals surface area contributed by atoms with E-state index >= 15 is 0 Å². The molecule has 4 aromatic rings. The highest BCUT2D eigenvalue weighted by atomic mass is 79.9. The van der Waals surface area contributed by atoms with Gasteiger partial charge in [-0.15, -0.1) is 0 Å². The van der Waals surface area contributed by atoms with Gasteiger partial charge in [0.25, 0.3) is 10.0 Å². The number of ether oxygens (including phenoxy) is 2. The van der Waals surface area contributed by atoms with Crippen molar-refractivity contribution in [3.63, 3.8) is 0 Å². The largest absolute Gasteiger partial charge is 0.467 e. The fourth-order valence-electron chi connectivity index (χ4n) is 4.14. The number of nitrogens with zero attached hydrogens (tertiary/aromatic N) is 2. The molecular formula is C28H27BrN2O6S.